The Kier molecular flexibility index (Phi) is 6.07. The van der Waals surface area contributed by atoms with Crippen LogP contribution in [0.5, 0.6) is 11.5 Å². The molecule has 1 saturated heterocycles. The number of aromatic carboxylic acids is 1. The molecule has 0 radical (unpaired) electrons. The Morgan fingerprint density at radius 2 is 2.00 bits per heavy atom. The van der Waals surface area contributed by atoms with Gasteiger partial charge in [-0.1, -0.05) is 13.8 Å². The van der Waals surface area contributed by atoms with Crippen molar-refractivity contribution in [3.8, 4) is 11.5 Å². The van der Waals surface area contributed by atoms with E-state index in [1.54, 1.807) is 19.2 Å². The number of methoxy groups -OCH3 is 2. The average Bonchev–Trinajstić information content (AvgIpc) is 2.55. The van der Waals surface area contributed by atoms with Gasteiger partial charge in [0.05, 0.1) is 19.8 Å². The lowest BCUT2D eigenvalue weighted by Crippen LogP contribution is -2.53. The minimum atomic E-state index is -0.961. The summed E-state index contributed by atoms with van der Waals surface area (Å²) < 4.78 is 10.7. The van der Waals surface area contributed by atoms with E-state index in [0.29, 0.717) is 35.6 Å². The number of piperazine rings is 1. The Morgan fingerprint density at radius 1 is 1.29 bits per heavy atom. The summed E-state index contributed by atoms with van der Waals surface area (Å²) in [6.07, 6.45) is 0. The quantitative estimate of drug-likeness (QED) is 0.859. The van der Waals surface area contributed by atoms with Gasteiger partial charge in [0, 0.05) is 43.9 Å². The minimum absolute atomic E-state index is 0.243. The molecule has 0 aliphatic carbocycles. The SMILES string of the molecule is COc1cc(OC)c(CN2CCN(C)CC2C(C)C)c(C(=O)O)c1. The van der Waals surface area contributed by atoms with E-state index in [-0.39, 0.29) is 5.56 Å². The maximum Gasteiger partial charge on any atom is 0.336 e. The number of benzene rings is 1. The Labute approximate surface area is 144 Å². The fourth-order valence-corrected chi connectivity index (χ4v) is 3.30. The molecular formula is C18H28N2O4. The number of likely N-dealkylation sites (N-methyl/N-ethyl adjacent to an activating group) is 1. The van der Waals surface area contributed by atoms with E-state index in [0.717, 1.165) is 19.6 Å². The highest BCUT2D eigenvalue weighted by molar-refractivity contribution is 5.91. The lowest BCUT2D eigenvalue weighted by atomic mass is 9.97. The molecule has 1 aliphatic heterocycles. The van der Waals surface area contributed by atoms with E-state index in [2.05, 4.69) is 30.7 Å². The van der Waals surface area contributed by atoms with Gasteiger partial charge in [-0.2, -0.15) is 0 Å². The zero-order valence-corrected chi connectivity index (χ0v) is 15.2. The van der Waals surface area contributed by atoms with E-state index in [1.165, 1.54) is 7.11 Å². The van der Waals surface area contributed by atoms with Crippen LogP contribution >= 0.6 is 0 Å². The lowest BCUT2D eigenvalue weighted by molar-refractivity contribution is 0.0551. The third-order valence-corrected chi connectivity index (χ3v) is 4.74. The van der Waals surface area contributed by atoms with Gasteiger partial charge >= 0.3 is 5.97 Å². The summed E-state index contributed by atoms with van der Waals surface area (Å²) in [6.45, 7) is 7.85. The number of ether oxygens (including phenoxy) is 2. The Bertz CT molecular complexity index is 589. The molecule has 1 unspecified atom stereocenters. The number of nitrogens with zero attached hydrogens (tertiary/aromatic N) is 2. The van der Waals surface area contributed by atoms with Crippen LogP contribution in [0.2, 0.25) is 0 Å². The van der Waals surface area contributed by atoms with E-state index in [4.69, 9.17) is 9.47 Å². The van der Waals surface area contributed by atoms with E-state index < -0.39 is 5.97 Å². The fraction of sp³-hybridized carbons (Fsp3) is 0.611. The molecule has 6 heteroatoms. The third kappa shape index (κ3) is 3.99. The molecule has 0 aromatic heterocycles. The fourth-order valence-electron chi connectivity index (χ4n) is 3.30. The van der Waals surface area contributed by atoms with Gasteiger partial charge in [-0.15, -0.1) is 0 Å². The molecule has 2 rings (SSSR count). The molecule has 1 aromatic carbocycles. The van der Waals surface area contributed by atoms with Gasteiger partial charge in [-0.05, 0) is 19.0 Å². The number of carboxylic acid groups (broad SMARTS) is 1. The number of carbonyl (C=O) groups is 1. The van der Waals surface area contributed by atoms with E-state index >= 15 is 0 Å². The zero-order valence-electron chi connectivity index (χ0n) is 15.2. The molecule has 134 valence electrons. The molecule has 1 fully saturated rings. The normalized spacial score (nSPS) is 19.5. The molecule has 6 nitrogen and oxygen atoms in total. The highest BCUT2D eigenvalue weighted by Crippen LogP contribution is 2.31. The summed E-state index contributed by atoms with van der Waals surface area (Å²) in [5.41, 5.74) is 0.952. The second-order valence-electron chi connectivity index (χ2n) is 6.71. The van der Waals surface area contributed by atoms with Crippen LogP contribution in [0.4, 0.5) is 0 Å². The van der Waals surface area contributed by atoms with Crippen LogP contribution in [0.25, 0.3) is 0 Å². The molecule has 24 heavy (non-hydrogen) atoms. The monoisotopic (exact) mass is 336 g/mol. The van der Waals surface area contributed by atoms with Crippen molar-refractivity contribution in [2.45, 2.75) is 26.4 Å². The van der Waals surface area contributed by atoms with Crippen molar-refractivity contribution in [3.05, 3.63) is 23.3 Å². The summed E-state index contributed by atoms with van der Waals surface area (Å²) in [5, 5.41) is 9.61. The van der Waals surface area contributed by atoms with Gasteiger partial charge in [-0.3, -0.25) is 4.90 Å². The predicted molar refractivity (Wildman–Crippen MR) is 93.0 cm³/mol. The second-order valence-corrected chi connectivity index (χ2v) is 6.71. The van der Waals surface area contributed by atoms with Crippen LogP contribution in [-0.4, -0.2) is 67.8 Å². The summed E-state index contributed by atoms with van der Waals surface area (Å²) in [4.78, 5) is 16.4. The summed E-state index contributed by atoms with van der Waals surface area (Å²) in [6, 6.07) is 3.71. The van der Waals surface area contributed by atoms with Gasteiger partial charge < -0.3 is 19.5 Å². The number of rotatable bonds is 6. The van der Waals surface area contributed by atoms with E-state index in [1.807, 2.05) is 0 Å². The molecule has 1 aromatic rings. The number of hydrogen-bond donors (Lipinski definition) is 1. The first-order valence-corrected chi connectivity index (χ1v) is 8.28. The zero-order chi connectivity index (χ0) is 17.9. The molecule has 1 atom stereocenters. The van der Waals surface area contributed by atoms with Gasteiger partial charge in [0.2, 0.25) is 0 Å². The predicted octanol–water partition coefficient (Wildman–Crippen LogP) is 2.17. The minimum Gasteiger partial charge on any atom is -0.497 e. The third-order valence-electron chi connectivity index (χ3n) is 4.74. The van der Waals surface area contributed by atoms with Crippen molar-refractivity contribution in [1.29, 1.82) is 0 Å². The summed E-state index contributed by atoms with van der Waals surface area (Å²) in [5.74, 6) is 0.586. The molecule has 1 N–H and O–H groups in total. The lowest BCUT2D eigenvalue weighted by Gasteiger charge is -2.42. The molecule has 1 aliphatic rings. The first-order chi connectivity index (χ1) is 11.4. The topological polar surface area (TPSA) is 62.2 Å². The first kappa shape index (κ1) is 18.5. The van der Waals surface area contributed by atoms with Gasteiger partial charge in [-0.25, -0.2) is 4.79 Å². The summed E-state index contributed by atoms with van der Waals surface area (Å²) >= 11 is 0. The Balaban J connectivity index is 2.38. The van der Waals surface area contributed by atoms with Crippen molar-refractivity contribution < 1.29 is 19.4 Å². The molecule has 0 bridgehead atoms. The highest BCUT2D eigenvalue weighted by atomic mass is 16.5. The maximum absolute atomic E-state index is 11.7. The Hall–Kier alpha value is -1.79. The second kappa shape index (κ2) is 7.85. The molecule has 0 amide bonds. The van der Waals surface area contributed by atoms with Crippen LogP contribution in [0.15, 0.2) is 12.1 Å². The van der Waals surface area contributed by atoms with Gasteiger partial charge in [0.1, 0.15) is 11.5 Å². The van der Waals surface area contributed by atoms with Crippen molar-refractivity contribution in [2.24, 2.45) is 5.92 Å². The number of hydrogen-bond acceptors (Lipinski definition) is 5. The standard InChI is InChI=1S/C18H28N2O4/c1-12(2)16-11-19(3)6-7-20(16)10-15-14(18(21)22)8-13(23-4)9-17(15)24-5/h8-9,12,16H,6-7,10-11H2,1-5H3,(H,21,22). The molecule has 1 heterocycles. The largest absolute Gasteiger partial charge is 0.497 e. The smallest absolute Gasteiger partial charge is 0.336 e. The van der Waals surface area contributed by atoms with Crippen LogP contribution in [0.1, 0.15) is 29.8 Å². The number of carboxylic acids is 1. The molecular weight excluding hydrogens is 308 g/mol. The van der Waals surface area contributed by atoms with E-state index in [9.17, 15) is 9.90 Å². The Morgan fingerprint density at radius 3 is 2.54 bits per heavy atom. The first-order valence-electron chi connectivity index (χ1n) is 8.28. The van der Waals surface area contributed by atoms with Crippen molar-refractivity contribution >= 4 is 5.97 Å². The van der Waals surface area contributed by atoms with Crippen LogP contribution in [0.3, 0.4) is 0 Å². The highest BCUT2D eigenvalue weighted by Gasteiger charge is 2.30. The van der Waals surface area contributed by atoms with Crippen LogP contribution < -0.4 is 9.47 Å². The van der Waals surface area contributed by atoms with Crippen molar-refractivity contribution in [2.75, 3.05) is 40.9 Å². The molecule has 0 spiro atoms. The average molecular weight is 336 g/mol. The maximum atomic E-state index is 11.7. The van der Waals surface area contributed by atoms with Crippen LogP contribution in [-0.2, 0) is 6.54 Å². The molecule has 0 saturated carbocycles. The van der Waals surface area contributed by atoms with Crippen molar-refractivity contribution in [3.63, 3.8) is 0 Å². The van der Waals surface area contributed by atoms with Gasteiger partial charge in [0.25, 0.3) is 0 Å². The van der Waals surface area contributed by atoms with Gasteiger partial charge in [0.15, 0.2) is 0 Å². The van der Waals surface area contributed by atoms with Crippen LogP contribution in [0, 0.1) is 5.92 Å². The summed E-state index contributed by atoms with van der Waals surface area (Å²) in [7, 11) is 5.21. The van der Waals surface area contributed by atoms with Crippen molar-refractivity contribution in [1.82, 2.24) is 9.80 Å².